The van der Waals surface area contributed by atoms with Crippen molar-refractivity contribution in [2.45, 2.75) is 134 Å². The molecule has 0 bridgehead atoms. The zero-order valence-corrected chi connectivity index (χ0v) is 87.5. The van der Waals surface area contributed by atoms with Crippen LogP contribution in [0.5, 0.6) is 17.2 Å². The summed E-state index contributed by atoms with van der Waals surface area (Å²) in [5.41, 5.74) is 12.0. The fraction of sp³-hybridized carbons (Fsp3) is 0.358. The number of benzene rings is 9. The van der Waals surface area contributed by atoms with Crippen molar-refractivity contribution in [1.82, 2.24) is 72.8 Å². The summed E-state index contributed by atoms with van der Waals surface area (Å²) in [6, 6.07) is 70.7. The number of aromatic nitrogens is 15. The summed E-state index contributed by atoms with van der Waals surface area (Å²) in [6.07, 6.45) is 17.2. The third kappa shape index (κ3) is 23.8. The standard InChI is InChI=1S/C38H40Cl2N6O4.C36H39Cl2N7O4.C35H38Cl2N8O4/c1-3-27(2)46-37(47)45(26-42-46)32-9-7-30(8-10-32)43-17-19-44(20-18-43)31-11-13-33(14-12-31)48-24-34-25-49-38(50-34,22-28-5-4-16-41-23-28)35-15-6-29(39)21-36(35)40;1-3-26(2)45-35(46)44(25-40-45)30-8-6-28(7-9-30)41-17-19-42(20-18-41)29-10-12-31(13-11-29)47-22-32-23-48-36(49-32,24-43-16-4-15-39-43)33-14-5-27(37)21-34(33)38;1-3-25(2)45-34(46)43(24-40-45)29-7-5-27(6-8-29)41-16-18-42(19-17-41)28-9-11-30(12-10-28)47-21-31-22-48-35(49-31,23-44-38-14-15-39-44)32-13-4-26(36)20-33(32)37/h4-16,21,23,26-27,34H,3,17-20,22,24-25H2,1-2H3;4-16,21,25-26,32H,3,17-20,22-24H2,1-2H3;4-15,20,24-25,31H,3,16-19,21-23H2,1-2H3. The van der Waals surface area contributed by atoms with Gasteiger partial charge >= 0.3 is 17.1 Å². The number of pyridine rings is 1. The van der Waals surface area contributed by atoms with Gasteiger partial charge in [-0.3, -0.25) is 9.67 Å². The Balaban J connectivity index is 0.000000140. The highest BCUT2D eigenvalue weighted by Crippen LogP contribution is 2.46. The van der Waals surface area contributed by atoms with Gasteiger partial charge in [0.05, 0.1) is 89.0 Å². The molecule has 6 aromatic heterocycles. The second-order valence-corrected chi connectivity index (χ2v) is 40.0. The smallest absolute Gasteiger partial charge is 0.350 e. The molecule has 0 saturated carbocycles. The molecule has 21 rings (SSSR count). The molecule has 6 saturated heterocycles. The van der Waals surface area contributed by atoms with Gasteiger partial charge < -0.3 is 72.0 Å². The van der Waals surface area contributed by atoms with Crippen LogP contribution in [0.1, 0.15) is 101 Å². The molecule has 0 spiro atoms. The van der Waals surface area contributed by atoms with Crippen LogP contribution < -0.4 is 60.7 Å². The number of halogens is 6. The van der Waals surface area contributed by atoms with E-state index in [9.17, 15) is 14.4 Å². The zero-order valence-electron chi connectivity index (χ0n) is 83.0. The fourth-order valence-corrected chi connectivity index (χ4v) is 20.7. The Labute approximate surface area is 887 Å². The van der Waals surface area contributed by atoms with E-state index in [0.29, 0.717) is 93.9 Å². The van der Waals surface area contributed by atoms with E-state index in [2.05, 4.69) is 138 Å². The summed E-state index contributed by atoms with van der Waals surface area (Å²) < 4.78 is 68.1. The van der Waals surface area contributed by atoms with E-state index in [-0.39, 0.29) is 60.1 Å². The van der Waals surface area contributed by atoms with Crippen molar-refractivity contribution in [3.8, 4) is 34.3 Å². The number of hydrogen-bond acceptors (Lipinski definition) is 25. The number of rotatable bonds is 33. The number of ether oxygens (including phenoxy) is 9. The van der Waals surface area contributed by atoms with E-state index < -0.39 is 17.4 Å². The van der Waals surface area contributed by atoms with Gasteiger partial charge in [-0.1, -0.05) is 115 Å². The molecule has 15 aromatic rings. The van der Waals surface area contributed by atoms with Crippen LogP contribution in [0.15, 0.2) is 289 Å². The van der Waals surface area contributed by atoms with E-state index in [1.807, 2.05) is 151 Å². The monoisotopic (exact) mass is 2120 g/mol. The fourth-order valence-electron chi connectivity index (χ4n) is 19.0. The molecule has 148 heavy (non-hydrogen) atoms. The Hall–Kier alpha value is -13.0. The first-order valence-electron chi connectivity index (χ1n) is 50.0. The van der Waals surface area contributed by atoms with Gasteiger partial charge in [-0.05, 0) is 240 Å². The third-order valence-electron chi connectivity index (χ3n) is 27.8. The second-order valence-electron chi connectivity index (χ2n) is 37.4. The summed E-state index contributed by atoms with van der Waals surface area (Å²) in [5, 5.41) is 28.7. The molecule has 6 aliphatic heterocycles. The molecule has 33 nitrogen and oxygen atoms in total. The summed E-state index contributed by atoms with van der Waals surface area (Å²) >= 11 is 38.3. The molecule has 12 heterocycles. The van der Waals surface area contributed by atoms with Crippen LogP contribution in [0, 0.1) is 0 Å². The zero-order chi connectivity index (χ0) is 103. The Morgan fingerprint density at radius 3 is 0.953 bits per heavy atom. The predicted molar refractivity (Wildman–Crippen MR) is 575 cm³/mol. The van der Waals surface area contributed by atoms with Gasteiger partial charge in [-0.25, -0.2) is 42.1 Å². The van der Waals surface area contributed by atoms with Crippen molar-refractivity contribution in [3.05, 3.63) is 358 Å². The van der Waals surface area contributed by atoms with Crippen LogP contribution in [0.4, 0.5) is 34.1 Å². The average molecular weight is 2130 g/mol. The van der Waals surface area contributed by atoms with Crippen LogP contribution in [0.3, 0.4) is 0 Å². The first kappa shape index (κ1) is 104. The molecule has 6 aliphatic rings. The molecule has 6 fully saturated rings. The lowest BCUT2D eigenvalue weighted by atomic mass is 9.98. The van der Waals surface area contributed by atoms with Crippen molar-refractivity contribution in [3.63, 3.8) is 0 Å². The Bertz CT molecular complexity index is 6810. The molecule has 772 valence electrons. The van der Waals surface area contributed by atoms with Gasteiger partial charge in [0, 0.05) is 176 Å². The minimum absolute atomic E-state index is 0.0643. The third-order valence-corrected chi connectivity index (χ3v) is 29.5. The molecule has 9 aromatic carbocycles. The molecule has 39 heteroatoms. The number of piperazine rings is 3. The van der Waals surface area contributed by atoms with Gasteiger partial charge in [0.25, 0.3) is 0 Å². The second kappa shape index (κ2) is 46.8. The average Bonchev–Trinajstić information content (AvgIpc) is 1.61. The highest BCUT2D eigenvalue weighted by molar-refractivity contribution is 6.36. The molecule has 9 atom stereocenters. The topological polar surface area (TPSA) is 283 Å². The minimum atomic E-state index is -1.18. The first-order chi connectivity index (χ1) is 71.9. The summed E-state index contributed by atoms with van der Waals surface area (Å²) in [5.74, 6) is -1.11. The van der Waals surface area contributed by atoms with E-state index >= 15 is 0 Å². The SMILES string of the molecule is CCC(C)n1ncn(-c2ccc(N3CCN(c4ccc(OCC5COC(Cc6cccnc6)(c6ccc(Cl)cc6Cl)O5)cc4)CC3)cc2)c1=O.CCC(C)n1ncn(-c2ccc(N3CCN(c4ccc(OCC5COC(Cn6cccn6)(c6ccc(Cl)cc6Cl)O5)cc4)CC3)cc2)c1=O.CCC(C)n1ncn(-c2ccc(N3CCN(c4ccc(OCC5COC(Cn6nccn6)(c6ccc(Cl)cc6Cl)O5)cc4)CC3)cc2)c1=O. The van der Waals surface area contributed by atoms with Gasteiger partial charge in [0.1, 0.15) is 80.9 Å². The Kier molecular flexibility index (Phi) is 32.8. The lowest BCUT2D eigenvalue weighted by Crippen LogP contribution is -2.46. The van der Waals surface area contributed by atoms with Gasteiger partial charge in [0.2, 0.25) is 17.4 Å². The molecular weight excluding hydrogens is 2010 g/mol. The summed E-state index contributed by atoms with van der Waals surface area (Å²) in [4.78, 5) is 58.4. The normalized spacial score (nSPS) is 20.0. The van der Waals surface area contributed by atoms with Gasteiger partial charge in [-0.15, -0.1) is 0 Å². The lowest BCUT2D eigenvalue weighted by molar-refractivity contribution is -0.192. The van der Waals surface area contributed by atoms with Crippen molar-refractivity contribution >= 4 is 104 Å². The maximum Gasteiger partial charge on any atom is 0.350 e. The molecule has 0 aliphatic carbocycles. The molecule has 0 amide bonds. The number of hydrogen-bond donors (Lipinski definition) is 0. The summed E-state index contributed by atoms with van der Waals surface area (Å²) in [7, 11) is 0. The van der Waals surface area contributed by atoms with Gasteiger partial charge in [0.15, 0.2) is 0 Å². The summed E-state index contributed by atoms with van der Waals surface area (Å²) in [6.45, 7) is 25.3. The molecule has 9 unspecified atom stereocenters. The van der Waals surface area contributed by atoms with Crippen LogP contribution >= 0.6 is 69.6 Å². The van der Waals surface area contributed by atoms with Crippen LogP contribution in [0.2, 0.25) is 30.1 Å². The maximum absolute atomic E-state index is 12.8. The van der Waals surface area contributed by atoms with Crippen LogP contribution in [0.25, 0.3) is 17.1 Å². The van der Waals surface area contributed by atoms with E-state index in [1.54, 1.807) is 120 Å². The first-order valence-corrected chi connectivity index (χ1v) is 52.2. The lowest BCUT2D eigenvalue weighted by Gasteiger charge is -2.37. The van der Waals surface area contributed by atoms with Crippen molar-refractivity contribution < 1.29 is 42.6 Å². The van der Waals surface area contributed by atoms with Gasteiger partial charge in [-0.2, -0.15) is 35.4 Å². The highest BCUT2D eigenvalue weighted by Gasteiger charge is 2.49. The minimum Gasteiger partial charge on any atom is -0.491 e. The Morgan fingerprint density at radius 2 is 0.649 bits per heavy atom. The largest absolute Gasteiger partial charge is 0.491 e. The van der Waals surface area contributed by atoms with Crippen molar-refractivity contribution in [2.24, 2.45) is 0 Å². The number of anilines is 6. The maximum atomic E-state index is 12.8. The molecular formula is C109H117Cl6N21O12. The van der Waals surface area contributed by atoms with Crippen molar-refractivity contribution in [1.29, 1.82) is 0 Å². The Morgan fingerprint density at radius 1 is 0.345 bits per heavy atom. The highest BCUT2D eigenvalue weighted by atomic mass is 35.5. The van der Waals surface area contributed by atoms with E-state index in [0.717, 1.165) is 177 Å². The van der Waals surface area contributed by atoms with Crippen LogP contribution in [-0.4, -0.2) is 209 Å². The molecule has 0 N–H and O–H groups in total. The number of nitrogens with zero attached hydrogens (tertiary/aromatic N) is 21. The van der Waals surface area contributed by atoms with E-state index in [4.69, 9.17) is 112 Å². The van der Waals surface area contributed by atoms with E-state index in [1.165, 1.54) is 9.48 Å². The predicted octanol–water partition coefficient (Wildman–Crippen LogP) is 18.7. The van der Waals surface area contributed by atoms with Crippen molar-refractivity contribution in [2.75, 3.05) is 148 Å². The van der Waals surface area contributed by atoms with Crippen LogP contribution in [-0.2, 0) is 65.3 Å². The molecule has 0 radical (unpaired) electrons. The quantitative estimate of drug-likeness (QED) is 0.0369.